The van der Waals surface area contributed by atoms with Crippen molar-refractivity contribution in [1.29, 1.82) is 0 Å². The van der Waals surface area contributed by atoms with Gasteiger partial charge in [-0.05, 0) is 0 Å². The van der Waals surface area contributed by atoms with Gasteiger partial charge in [0, 0.05) is 0 Å². The van der Waals surface area contributed by atoms with Gasteiger partial charge in [-0.2, -0.15) is 0 Å². The monoisotopic (exact) mass is 185 g/mol. The third-order valence-electron chi connectivity index (χ3n) is 0. The van der Waals surface area contributed by atoms with Gasteiger partial charge >= 0.3 is 52.2 Å². The number of rotatable bonds is 0. The fourth-order valence-electron chi connectivity index (χ4n) is 0. The van der Waals surface area contributed by atoms with E-state index in [0.29, 0.717) is 0 Å². The Hall–Kier alpha value is 1.65. The first-order chi connectivity index (χ1) is 0. The first-order valence-corrected chi connectivity index (χ1v) is 0. The SMILES string of the molecule is [O-2].[O-2].[Y+3].[Zn+2]. The maximum Gasteiger partial charge on any atom is 3.00 e. The second-order valence-corrected chi connectivity index (χ2v) is 0. The van der Waals surface area contributed by atoms with Crippen molar-refractivity contribution in [2.24, 2.45) is 0 Å². The Morgan fingerprint density at radius 1 is 0.750 bits per heavy atom. The summed E-state index contributed by atoms with van der Waals surface area (Å²) in [6.07, 6.45) is 0. The summed E-state index contributed by atoms with van der Waals surface area (Å²) in [7, 11) is 0. The smallest absolute Gasteiger partial charge is 2.00 e. The third kappa shape index (κ3) is 9.42. The van der Waals surface area contributed by atoms with Gasteiger partial charge in [-0.15, -0.1) is 0 Å². The van der Waals surface area contributed by atoms with Crippen LogP contribution in [-0.2, 0) is 63.1 Å². The van der Waals surface area contributed by atoms with Crippen LogP contribution in [0.1, 0.15) is 0 Å². The van der Waals surface area contributed by atoms with E-state index in [9.17, 15) is 0 Å². The molecule has 0 radical (unpaired) electrons. The number of hydrogen-bond donors (Lipinski definition) is 0. The molecule has 0 aliphatic rings. The Morgan fingerprint density at radius 2 is 0.750 bits per heavy atom. The van der Waals surface area contributed by atoms with Crippen LogP contribution in [-0.4, -0.2) is 0 Å². The summed E-state index contributed by atoms with van der Waals surface area (Å²) < 4.78 is 0. The molecule has 0 aromatic rings. The molecule has 2 nitrogen and oxygen atoms in total. The summed E-state index contributed by atoms with van der Waals surface area (Å²) in [6.45, 7) is 0. The molecule has 0 aliphatic heterocycles. The van der Waals surface area contributed by atoms with Gasteiger partial charge in [0.1, 0.15) is 0 Å². The van der Waals surface area contributed by atoms with Crippen LogP contribution >= 0.6 is 0 Å². The quantitative estimate of drug-likeness (QED) is 0.469. The Kier molecular flexibility index (Phi) is 256. The Bertz CT molecular complexity index is 6.00. The van der Waals surface area contributed by atoms with E-state index in [-0.39, 0.29) is 63.1 Å². The standard InChI is InChI=1S/2O.Y.Zn/q2*-2;+3;+2. The molecule has 0 saturated carbocycles. The predicted octanol–water partition coefficient (Wildman–Crippen LogP) is -0.243. The van der Waals surface area contributed by atoms with Crippen molar-refractivity contribution < 1.29 is 63.1 Å². The molecule has 0 rings (SSSR count). The molecule has 0 fully saturated rings. The fraction of sp³-hybridized carbons (Fsp3) is 0. The zero-order chi connectivity index (χ0) is 0. The first kappa shape index (κ1) is 44.9. The van der Waals surface area contributed by atoms with Gasteiger partial charge in [-0.3, -0.25) is 0 Å². The molecule has 0 aromatic carbocycles. The van der Waals surface area contributed by atoms with Crippen molar-refractivity contribution in [3.63, 3.8) is 0 Å². The summed E-state index contributed by atoms with van der Waals surface area (Å²) in [5.74, 6) is 0. The summed E-state index contributed by atoms with van der Waals surface area (Å²) in [6, 6.07) is 0. The van der Waals surface area contributed by atoms with Crippen LogP contribution < -0.4 is 0 Å². The minimum Gasteiger partial charge on any atom is -2.00 e. The van der Waals surface area contributed by atoms with Gasteiger partial charge in [0.15, 0.2) is 0 Å². The topological polar surface area (TPSA) is 57.0 Å². The van der Waals surface area contributed by atoms with Crippen LogP contribution in [0.2, 0.25) is 0 Å². The van der Waals surface area contributed by atoms with Crippen LogP contribution in [0.25, 0.3) is 0 Å². The molecule has 4 heavy (non-hydrogen) atoms. The minimum absolute atomic E-state index is 0. The molecule has 0 unspecified atom stereocenters. The van der Waals surface area contributed by atoms with E-state index < -0.39 is 0 Å². The summed E-state index contributed by atoms with van der Waals surface area (Å²) in [5, 5.41) is 0. The zero-order valence-corrected chi connectivity index (χ0v) is 7.91. The van der Waals surface area contributed by atoms with Crippen molar-refractivity contribution in [3.8, 4) is 0 Å². The van der Waals surface area contributed by atoms with E-state index in [1.165, 1.54) is 0 Å². The first-order valence-electron chi connectivity index (χ1n) is 0. The Labute approximate surface area is 62.6 Å². The minimum atomic E-state index is 0. The van der Waals surface area contributed by atoms with Gasteiger partial charge in [0.25, 0.3) is 0 Å². The normalized spacial score (nSPS) is 0. The van der Waals surface area contributed by atoms with Crippen LogP contribution in [0.3, 0.4) is 0 Å². The van der Waals surface area contributed by atoms with Gasteiger partial charge in [-0.25, -0.2) is 0 Å². The van der Waals surface area contributed by atoms with Gasteiger partial charge in [0.2, 0.25) is 0 Å². The molecule has 4 heteroatoms. The van der Waals surface area contributed by atoms with E-state index in [4.69, 9.17) is 0 Å². The molecule has 0 amide bonds. The van der Waals surface area contributed by atoms with Crippen LogP contribution in [0.5, 0.6) is 0 Å². The second-order valence-electron chi connectivity index (χ2n) is 0. The molecule has 0 aromatic heterocycles. The van der Waals surface area contributed by atoms with Gasteiger partial charge in [-0.1, -0.05) is 0 Å². The maximum atomic E-state index is 0. The Balaban J connectivity index is 0. The predicted molar refractivity (Wildman–Crippen MR) is 1.37 cm³/mol. The number of hydrogen-bond acceptors (Lipinski definition) is 0. The fourth-order valence-corrected chi connectivity index (χ4v) is 0. The van der Waals surface area contributed by atoms with E-state index in [1.807, 2.05) is 0 Å². The van der Waals surface area contributed by atoms with Crippen LogP contribution in [0.4, 0.5) is 0 Å². The molecule has 0 N–H and O–H groups in total. The van der Waals surface area contributed by atoms with Gasteiger partial charge < -0.3 is 11.0 Å². The van der Waals surface area contributed by atoms with Crippen LogP contribution in [0, 0.1) is 0 Å². The van der Waals surface area contributed by atoms with E-state index >= 15 is 0 Å². The molecule has 0 heterocycles. The average Bonchev–Trinajstić information content (AvgIpc) is 0. The van der Waals surface area contributed by atoms with E-state index in [2.05, 4.69) is 0 Å². The van der Waals surface area contributed by atoms with E-state index in [1.54, 1.807) is 0 Å². The molecule has 0 atom stereocenters. The Morgan fingerprint density at radius 3 is 0.750 bits per heavy atom. The maximum absolute atomic E-state index is 0. The van der Waals surface area contributed by atoms with E-state index in [0.717, 1.165) is 0 Å². The zero-order valence-electron chi connectivity index (χ0n) is 2.10. The summed E-state index contributed by atoms with van der Waals surface area (Å²) >= 11 is 0. The molecule has 0 spiro atoms. The van der Waals surface area contributed by atoms with Crippen molar-refractivity contribution in [3.05, 3.63) is 0 Å². The van der Waals surface area contributed by atoms with Gasteiger partial charge in [0.05, 0.1) is 0 Å². The van der Waals surface area contributed by atoms with Crippen molar-refractivity contribution >= 4 is 0 Å². The van der Waals surface area contributed by atoms with Crippen LogP contribution in [0.15, 0.2) is 0 Å². The average molecular weight is 186 g/mol. The second kappa shape index (κ2) is 22.8. The molecular weight excluding hydrogens is 186 g/mol. The molecule has 0 aliphatic carbocycles. The third-order valence-corrected chi connectivity index (χ3v) is 0. The summed E-state index contributed by atoms with van der Waals surface area (Å²) in [4.78, 5) is 0. The van der Waals surface area contributed by atoms with Crippen molar-refractivity contribution in [2.45, 2.75) is 0 Å². The summed E-state index contributed by atoms with van der Waals surface area (Å²) in [5.41, 5.74) is 0. The van der Waals surface area contributed by atoms with Crippen molar-refractivity contribution in [1.82, 2.24) is 0 Å². The molecule has 0 saturated heterocycles. The molecule has 16 valence electrons. The van der Waals surface area contributed by atoms with Crippen molar-refractivity contribution in [2.75, 3.05) is 0 Å². The molecular formula is O2YZn+. The largest absolute Gasteiger partial charge is 3.00 e. The molecule has 0 bridgehead atoms.